The SMILES string of the molecule is CCc1ccc(CC2(O)C3CC4CC(C3)CC2C4)s1. The van der Waals surface area contributed by atoms with Gasteiger partial charge in [-0.1, -0.05) is 6.92 Å². The van der Waals surface area contributed by atoms with E-state index in [1.165, 1.54) is 41.9 Å². The molecule has 4 fully saturated rings. The Kier molecular flexibility index (Phi) is 2.82. The minimum atomic E-state index is -0.372. The molecule has 1 aromatic heterocycles. The van der Waals surface area contributed by atoms with Gasteiger partial charge in [0.05, 0.1) is 5.60 Å². The molecule has 0 atom stereocenters. The molecule has 4 bridgehead atoms. The number of aliphatic hydroxyl groups is 1. The Hall–Kier alpha value is -0.340. The topological polar surface area (TPSA) is 20.2 Å². The average Bonchev–Trinajstić information content (AvgIpc) is 2.83. The fraction of sp³-hybridized carbons (Fsp3) is 0.765. The fourth-order valence-corrected chi connectivity index (χ4v) is 6.33. The first kappa shape index (κ1) is 12.4. The molecule has 4 aliphatic carbocycles. The van der Waals surface area contributed by atoms with Gasteiger partial charge in [-0.3, -0.25) is 0 Å². The van der Waals surface area contributed by atoms with Crippen molar-refractivity contribution in [1.29, 1.82) is 0 Å². The maximum Gasteiger partial charge on any atom is 0.0752 e. The maximum absolute atomic E-state index is 11.3. The van der Waals surface area contributed by atoms with Crippen LogP contribution in [0.15, 0.2) is 12.1 Å². The van der Waals surface area contributed by atoms with E-state index in [9.17, 15) is 5.11 Å². The van der Waals surface area contributed by atoms with E-state index in [0.29, 0.717) is 11.8 Å². The van der Waals surface area contributed by atoms with Crippen LogP contribution in [0.5, 0.6) is 0 Å². The minimum absolute atomic E-state index is 0.372. The summed E-state index contributed by atoms with van der Waals surface area (Å²) in [4.78, 5) is 2.87. The van der Waals surface area contributed by atoms with Gasteiger partial charge in [0.2, 0.25) is 0 Å². The third-order valence-electron chi connectivity index (χ3n) is 6.08. The molecule has 1 heterocycles. The van der Waals surface area contributed by atoms with Crippen LogP contribution < -0.4 is 0 Å². The van der Waals surface area contributed by atoms with Gasteiger partial charge in [0, 0.05) is 16.2 Å². The molecule has 0 spiro atoms. The lowest BCUT2D eigenvalue weighted by Gasteiger charge is -2.59. The van der Waals surface area contributed by atoms with Gasteiger partial charge in [-0.2, -0.15) is 0 Å². The van der Waals surface area contributed by atoms with Crippen molar-refractivity contribution in [3.63, 3.8) is 0 Å². The Labute approximate surface area is 120 Å². The van der Waals surface area contributed by atoms with Gasteiger partial charge in [-0.15, -0.1) is 11.3 Å². The Balaban J connectivity index is 1.59. The third kappa shape index (κ3) is 1.91. The highest BCUT2D eigenvalue weighted by Gasteiger charge is 2.56. The van der Waals surface area contributed by atoms with Gasteiger partial charge < -0.3 is 5.11 Å². The van der Waals surface area contributed by atoms with Crippen LogP contribution in [0.3, 0.4) is 0 Å². The van der Waals surface area contributed by atoms with E-state index in [4.69, 9.17) is 0 Å². The summed E-state index contributed by atoms with van der Waals surface area (Å²) in [5.74, 6) is 3.07. The van der Waals surface area contributed by atoms with Gasteiger partial charge in [-0.25, -0.2) is 0 Å². The van der Waals surface area contributed by atoms with Crippen LogP contribution in [0.2, 0.25) is 0 Å². The highest BCUT2D eigenvalue weighted by Crippen LogP contribution is 2.59. The van der Waals surface area contributed by atoms with Crippen molar-refractivity contribution in [2.45, 2.75) is 57.5 Å². The second-order valence-electron chi connectivity index (χ2n) is 7.19. The molecule has 0 unspecified atom stereocenters. The van der Waals surface area contributed by atoms with Gasteiger partial charge in [-0.05, 0) is 74.3 Å². The Morgan fingerprint density at radius 2 is 1.63 bits per heavy atom. The zero-order chi connectivity index (χ0) is 13.0. The first-order valence-corrected chi connectivity index (χ1v) is 8.79. The summed E-state index contributed by atoms with van der Waals surface area (Å²) in [6.45, 7) is 2.22. The molecule has 0 aliphatic heterocycles. The molecule has 19 heavy (non-hydrogen) atoms. The predicted octanol–water partition coefficient (Wildman–Crippen LogP) is 4.04. The molecule has 1 nitrogen and oxygen atoms in total. The van der Waals surface area contributed by atoms with Crippen LogP contribution in [0.1, 0.15) is 48.8 Å². The monoisotopic (exact) mass is 276 g/mol. The van der Waals surface area contributed by atoms with Crippen LogP contribution in [-0.2, 0) is 12.8 Å². The summed E-state index contributed by atoms with van der Waals surface area (Å²) in [6.07, 6.45) is 8.71. The molecule has 4 aliphatic rings. The van der Waals surface area contributed by atoms with Crippen LogP contribution in [-0.4, -0.2) is 10.7 Å². The molecule has 1 N–H and O–H groups in total. The van der Waals surface area contributed by atoms with E-state index in [1.54, 1.807) is 0 Å². The second-order valence-corrected chi connectivity index (χ2v) is 8.45. The van der Waals surface area contributed by atoms with E-state index in [1.807, 2.05) is 11.3 Å². The van der Waals surface area contributed by atoms with Crippen molar-refractivity contribution < 1.29 is 5.11 Å². The van der Waals surface area contributed by atoms with E-state index in [-0.39, 0.29) is 5.60 Å². The maximum atomic E-state index is 11.3. The van der Waals surface area contributed by atoms with Crippen LogP contribution in [0.25, 0.3) is 0 Å². The summed E-state index contributed by atoms with van der Waals surface area (Å²) in [7, 11) is 0. The van der Waals surface area contributed by atoms with Crippen LogP contribution in [0.4, 0.5) is 0 Å². The lowest BCUT2D eigenvalue weighted by atomic mass is 9.49. The van der Waals surface area contributed by atoms with Crippen molar-refractivity contribution >= 4 is 11.3 Å². The van der Waals surface area contributed by atoms with Crippen molar-refractivity contribution in [1.82, 2.24) is 0 Å². The largest absolute Gasteiger partial charge is 0.389 e. The highest BCUT2D eigenvalue weighted by molar-refractivity contribution is 7.12. The number of hydrogen-bond acceptors (Lipinski definition) is 2. The molecule has 0 saturated heterocycles. The second kappa shape index (κ2) is 4.33. The zero-order valence-electron chi connectivity index (χ0n) is 11.8. The van der Waals surface area contributed by atoms with Crippen LogP contribution >= 0.6 is 11.3 Å². The van der Waals surface area contributed by atoms with Gasteiger partial charge in [0.1, 0.15) is 0 Å². The van der Waals surface area contributed by atoms with E-state index in [0.717, 1.165) is 24.7 Å². The Morgan fingerprint density at radius 3 is 2.16 bits per heavy atom. The standard InChI is InChI=1S/C17H24OS/c1-2-15-3-4-16(19-15)10-17(18)13-6-11-5-12(8-13)9-14(17)7-11/h3-4,11-14,18H,2,5-10H2,1H3. The highest BCUT2D eigenvalue weighted by atomic mass is 32.1. The van der Waals surface area contributed by atoms with Crippen molar-refractivity contribution in [2.24, 2.45) is 23.7 Å². The lowest BCUT2D eigenvalue weighted by Crippen LogP contribution is -2.58. The smallest absolute Gasteiger partial charge is 0.0752 e. The molecular formula is C17H24OS. The number of aryl methyl sites for hydroxylation is 1. The first-order chi connectivity index (χ1) is 9.17. The van der Waals surface area contributed by atoms with E-state index in [2.05, 4.69) is 19.1 Å². The van der Waals surface area contributed by atoms with Gasteiger partial charge in [0.25, 0.3) is 0 Å². The number of rotatable bonds is 3. The molecule has 0 aromatic carbocycles. The van der Waals surface area contributed by atoms with Crippen molar-refractivity contribution in [3.8, 4) is 0 Å². The third-order valence-corrected chi connectivity index (χ3v) is 7.30. The molecule has 0 radical (unpaired) electrons. The zero-order valence-corrected chi connectivity index (χ0v) is 12.6. The Morgan fingerprint density at radius 1 is 1.05 bits per heavy atom. The summed E-state index contributed by atoms with van der Waals surface area (Å²) < 4.78 is 0. The molecular weight excluding hydrogens is 252 g/mol. The summed E-state index contributed by atoms with van der Waals surface area (Å²) in [6, 6.07) is 4.51. The lowest BCUT2D eigenvalue weighted by molar-refractivity contribution is -0.171. The quantitative estimate of drug-likeness (QED) is 0.883. The molecule has 5 rings (SSSR count). The fourth-order valence-electron chi connectivity index (χ4n) is 5.28. The first-order valence-electron chi connectivity index (χ1n) is 7.97. The van der Waals surface area contributed by atoms with E-state index >= 15 is 0 Å². The summed E-state index contributed by atoms with van der Waals surface area (Å²) >= 11 is 1.92. The Bertz CT molecular complexity index is 447. The minimum Gasteiger partial charge on any atom is -0.389 e. The molecule has 104 valence electrons. The number of hydrogen-bond donors (Lipinski definition) is 1. The van der Waals surface area contributed by atoms with E-state index < -0.39 is 0 Å². The normalized spacial score (nSPS) is 43.9. The molecule has 4 saturated carbocycles. The molecule has 0 amide bonds. The summed E-state index contributed by atoms with van der Waals surface area (Å²) in [5.41, 5.74) is -0.372. The van der Waals surface area contributed by atoms with Gasteiger partial charge in [0.15, 0.2) is 0 Å². The number of thiophene rings is 1. The average molecular weight is 276 g/mol. The van der Waals surface area contributed by atoms with Crippen molar-refractivity contribution in [2.75, 3.05) is 0 Å². The summed E-state index contributed by atoms with van der Waals surface area (Å²) in [5, 5.41) is 11.3. The van der Waals surface area contributed by atoms with Crippen LogP contribution in [0, 0.1) is 23.7 Å². The molecule has 2 heteroatoms. The molecule has 1 aromatic rings. The predicted molar refractivity (Wildman–Crippen MR) is 79.4 cm³/mol. The van der Waals surface area contributed by atoms with Crippen molar-refractivity contribution in [3.05, 3.63) is 21.9 Å². The van der Waals surface area contributed by atoms with Gasteiger partial charge >= 0.3 is 0 Å².